The fraction of sp³-hybridized carbons (Fsp3) is 0.488. The van der Waals surface area contributed by atoms with Gasteiger partial charge in [-0.1, -0.05) is 82.3 Å². The molecule has 3 aromatic carbocycles. The molecule has 3 aliphatic heterocycles. The van der Waals surface area contributed by atoms with Gasteiger partial charge in [-0.15, -0.1) is 0 Å². The molecule has 0 amide bonds. The minimum absolute atomic E-state index is 0.0246. The maximum Gasteiger partial charge on any atom is 0.363 e. The molecule has 4 bridgehead atoms. The summed E-state index contributed by atoms with van der Waals surface area (Å²) >= 11 is 0. The Morgan fingerprint density at radius 3 is 1.73 bits per heavy atom. The van der Waals surface area contributed by atoms with Crippen LogP contribution in [0.4, 0.5) is 0 Å². The fourth-order valence-electron chi connectivity index (χ4n) is 10.0. The summed E-state index contributed by atoms with van der Waals surface area (Å²) in [6.07, 6.45) is -1.60. The molecule has 2 saturated heterocycles. The number of fused-ring (bicyclic) bond motifs is 10. The minimum Gasteiger partial charge on any atom is -0.483 e. The van der Waals surface area contributed by atoms with Crippen molar-refractivity contribution >= 4 is 45.7 Å². The monoisotopic (exact) mass is 749 g/mol. The number of hydrogen-bond acceptors (Lipinski definition) is 12. The summed E-state index contributed by atoms with van der Waals surface area (Å²) in [6.45, 7) is 14.3. The molecule has 286 valence electrons. The molecule has 55 heavy (non-hydrogen) atoms. The number of carbonyl (C=O) groups excluding carboxylic acids is 4. The van der Waals surface area contributed by atoms with Crippen molar-refractivity contribution in [3.8, 4) is 17.0 Å². The average molecular weight is 750 g/mol. The van der Waals surface area contributed by atoms with E-state index in [2.05, 4.69) is 0 Å². The number of benzene rings is 3. The molecule has 2 saturated carbocycles. The van der Waals surface area contributed by atoms with E-state index in [9.17, 15) is 24.0 Å². The summed E-state index contributed by atoms with van der Waals surface area (Å²) in [5.41, 5.74) is -8.19. The van der Waals surface area contributed by atoms with Crippen molar-refractivity contribution in [2.45, 2.75) is 110 Å². The number of nitrogens with zero attached hydrogens (tertiary/aromatic N) is 1. The second-order valence-electron chi connectivity index (χ2n) is 17.9. The highest BCUT2D eigenvalue weighted by Crippen LogP contribution is 2.68. The Morgan fingerprint density at radius 1 is 0.673 bits per heavy atom. The first-order valence-corrected chi connectivity index (χ1v) is 18.8. The third-order valence-corrected chi connectivity index (χ3v) is 14.7. The van der Waals surface area contributed by atoms with Crippen LogP contribution in [0.5, 0.6) is 5.75 Å². The highest BCUT2D eigenvalue weighted by molar-refractivity contribution is 6.09. The van der Waals surface area contributed by atoms with Gasteiger partial charge in [0.1, 0.15) is 16.9 Å². The molecule has 4 heterocycles. The Balaban J connectivity index is 1.26. The molecule has 1 aromatic heterocycles. The van der Waals surface area contributed by atoms with Gasteiger partial charge in [-0.2, -0.15) is 0 Å². The SMILES string of the molecule is CC1(C)Oc2c(c3oc(=O)c(-c4ccccc4)nc3c3ccccc23)[C@@H](OC(=O)[C@@]23CC[C@@](C)(C(=O)O2)C3(C)C)[C@H]1OC(=O)[C@@]12CC[C@@](C)(C(=O)O1)C2(C)C. The second kappa shape index (κ2) is 10.7. The number of ether oxygens (including phenoxy) is 5. The van der Waals surface area contributed by atoms with E-state index in [1.807, 2.05) is 58.0 Å². The van der Waals surface area contributed by atoms with E-state index in [4.69, 9.17) is 33.1 Å². The number of rotatable bonds is 5. The van der Waals surface area contributed by atoms with E-state index in [0.29, 0.717) is 29.2 Å². The van der Waals surface area contributed by atoms with Crippen LogP contribution < -0.4 is 10.4 Å². The third-order valence-electron chi connectivity index (χ3n) is 14.7. The molecule has 0 radical (unpaired) electrons. The molecule has 0 spiro atoms. The number of carbonyl (C=O) groups is 4. The largest absolute Gasteiger partial charge is 0.483 e. The molecule has 0 N–H and O–H groups in total. The molecular weight excluding hydrogens is 706 g/mol. The number of hydrogen-bond donors (Lipinski definition) is 0. The van der Waals surface area contributed by atoms with Crippen molar-refractivity contribution in [1.29, 1.82) is 0 Å². The Morgan fingerprint density at radius 2 is 1.20 bits per heavy atom. The lowest BCUT2D eigenvalue weighted by atomic mass is 9.66. The van der Waals surface area contributed by atoms with Gasteiger partial charge in [0.05, 0.1) is 16.4 Å². The van der Waals surface area contributed by atoms with Gasteiger partial charge >= 0.3 is 29.5 Å². The van der Waals surface area contributed by atoms with Crippen LogP contribution in [0.3, 0.4) is 0 Å². The van der Waals surface area contributed by atoms with Gasteiger partial charge in [0, 0.05) is 27.2 Å². The standard InChI is InChI=1S/C43H43NO11/c1-37(2)31(52-36(49)43-21-19-41(8,34(47)55-43)39(43,5)6)30(51-35(48)42-20-18-40(7,33(46)54-42)38(42,3)4)25-28(53-37)24-17-13-12-16-23(24)27-29(25)50-32(45)26(44-27)22-14-10-9-11-15-22/h9-17,30-31H,18-21H2,1-8H3/t30-,31-,40+,41+,42-,43-/m1/s1. The lowest BCUT2D eigenvalue weighted by molar-refractivity contribution is -0.217. The smallest absolute Gasteiger partial charge is 0.363 e. The Labute approximate surface area is 316 Å². The van der Waals surface area contributed by atoms with Gasteiger partial charge in [-0.05, 0) is 53.4 Å². The first-order valence-electron chi connectivity index (χ1n) is 18.8. The summed E-state index contributed by atoms with van der Waals surface area (Å²) in [5.74, 6) is -2.38. The zero-order chi connectivity index (χ0) is 39.3. The zero-order valence-corrected chi connectivity index (χ0v) is 32.1. The first-order chi connectivity index (χ1) is 25.8. The lowest BCUT2D eigenvalue weighted by Crippen LogP contribution is -2.57. The number of esters is 4. The highest BCUT2D eigenvalue weighted by Gasteiger charge is 2.78. The molecule has 4 fully saturated rings. The van der Waals surface area contributed by atoms with Crippen LogP contribution in [-0.2, 0) is 38.1 Å². The van der Waals surface area contributed by atoms with Crippen LogP contribution >= 0.6 is 0 Å². The molecular formula is C43H43NO11. The maximum atomic E-state index is 14.9. The van der Waals surface area contributed by atoms with Gasteiger partial charge in [0.25, 0.3) is 0 Å². The average Bonchev–Trinajstić information content (AvgIpc) is 3.61. The highest BCUT2D eigenvalue weighted by atomic mass is 16.7. The fourth-order valence-corrected chi connectivity index (χ4v) is 10.0. The predicted molar refractivity (Wildman–Crippen MR) is 197 cm³/mol. The molecule has 6 atom stereocenters. The zero-order valence-electron chi connectivity index (χ0n) is 32.1. The molecule has 9 rings (SSSR count). The molecule has 12 heteroatoms. The molecule has 5 aliphatic rings. The van der Waals surface area contributed by atoms with Gasteiger partial charge in [0.2, 0.25) is 11.2 Å². The Kier molecular flexibility index (Phi) is 6.92. The summed E-state index contributed by atoms with van der Waals surface area (Å²) in [7, 11) is 0. The maximum absolute atomic E-state index is 14.9. The Hall–Kier alpha value is -5.26. The van der Waals surface area contributed by atoms with E-state index < -0.39 is 80.2 Å². The number of aromatic nitrogens is 1. The van der Waals surface area contributed by atoms with Crippen molar-refractivity contribution in [2.75, 3.05) is 0 Å². The molecule has 0 unspecified atom stereocenters. The Bertz CT molecular complexity index is 2470. The van der Waals surface area contributed by atoms with Crippen LogP contribution in [-0.4, -0.2) is 51.8 Å². The molecule has 4 aromatic rings. The summed E-state index contributed by atoms with van der Waals surface area (Å²) in [6, 6.07) is 16.2. The quantitative estimate of drug-likeness (QED) is 0.118. The van der Waals surface area contributed by atoms with Gasteiger partial charge in [-0.25, -0.2) is 19.4 Å². The van der Waals surface area contributed by atoms with Crippen molar-refractivity contribution in [3.63, 3.8) is 0 Å². The van der Waals surface area contributed by atoms with E-state index in [0.717, 1.165) is 0 Å². The minimum atomic E-state index is -1.66. The summed E-state index contributed by atoms with van der Waals surface area (Å²) < 4.78 is 37.8. The van der Waals surface area contributed by atoms with Crippen LogP contribution in [0, 0.1) is 21.7 Å². The van der Waals surface area contributed by atoms with E-state index in [1.54, 1.807) is 52.0 Å². The summed E-state index contributed by atoms with van der Waals surface area (Å²) in [5, 5.41) is 1.19. The summed E-state index contributed by atoms with van der Waals surface area (Å²) in [4.78, 5) is 74.8. The first kappa shape index (κ1) is 35.4. The van der Waals surface area contributed by atoms with Crippen molar-refractivity contribution < 1.29 is 47.3 Å². The van der Waals surface area contributed by atoms with Crippen LogP contribution in [0.25, 0.3) is 33.1 Å². The predicted octanol–water partition coefficient (Wildman–Crippen LogP) is 6.92. The van der Waals surface area contributed by atoms with E-state index in [1.165, 1.54) is 0 Å². The van der Waals surface area contributed by atoms with Crippen molar-refractivity contribution in [3.05, 3.63) is 70.6 Å². The molecule has 2 aliphatic carbocycles. The third kappa shape index (κ3) is 4.12. The van der Waals surface area contributed by atoms with Crippen LogP contribution in [0.1, 0.15) is 92.7 Å². The van der Waals surface area contributed by atoms with Gasteiger partial charge < -0.3 is 28.1 Å². The van der Waals surface area contributed by atoms with E-state index >= 15 is 0 Å². The normalized spacial score (nSPS) is 33.2. The van der Waals surface area contributed by atoms with Crippen molar-refractivity contribution in [2.24, 2.45) is 21.7 Å². The van der Waals surface area contributed by atoms with Gasteiger partial charge in [0.15, 0.2) is 23.5 Å². The van der Waals surface area contributed by atoms with Gasteiger partial charge in [-0.3, -0.25) is 9.59 Å². The van der Waals surface area contributed by atoms with Crippen molar-refractivity contribution in [1.82, 2.24) is 4.98 Å². The topological polar surface area (TPSA) is 158 Å². The lowest BCUT2D eigenvalue weighted by Gasteiger charge is -2.46. The van der Waals surface area contributed by atoms with E-state index in [-0.39, 0.29) is 40.9 Å². The second-order valence-corrected chi connectivity index (χ2v) is 17.9. The molecule has 12 nitrogen and oxygen atoms in total. The van der Waals surface area contributed by atoms with Crippen LogP contribution in [0.2, 0.25) is 0 Å². The van der Waals surface area contributed by atoms with Crippen LogP contribution in [0.15, 0.2) is 63.8 Å².